The van der Waals surface area contributed by atoms with Crippen LogP contribution in [-0.2, 0) is 14.8 Å². The van der Waals surface area contributed by atoms with Gasteiger partial charge >= 0.3 is 0 Å². The number of nitrogens with zero attached hydrogens (tertiary/aromatic N) is 3. The van der Waals surface area contributed by atoms with E-state index in [1.807, 2.05) is 20.8 Å². The molecule has 1 unspecified atom stereocenters. The fourth-order valence-electron chi connectivity index (χ4n) is 3.93. The molecule has 176 valence electrons. The number of hydrogen-bond donors (Lipinski definition) is 1. The van der Waals surface area contributed by atoms with Gasteiger partial charge in [-0.1, -0.05) is 13.8 Å². The molecule has 1 fully saturated rings. The van der Waals surface area contributed by atoms with Crippen molar-refractivity contribution in [2.75, 3.05) is 31.1 Å². The zero-order chi connectivity index (χ0) is 23.8. The van der Waals surface area contributed by atoms with Crippen LogP contribution in [-0.4, -0.2) is 56.4 Å². The number of aryl methyl sites for hydroxylation is 1. The van der Waals surface area contributed by atoms with Crippen LogP contribution in [0.25, 0.3) is 10.2 Å². The Kier molecular flexibility index (Phi) is 6.69. The lowest BCUT2D eigenvalue weighted by atomic mass is 10.0. The van der Waals surface area contributed by atoms with Gasteiger partial charge in [0.25, 0.3) is 0 Å². The molecule has 1 amide bonds. The standard InChI is InChI=1S/C23H27FN4O3S2/c1-15(2)22(26-33(30,31)19-8-9-20-21(14-19)32-16(3)25-20)23(29)28-12-10-27(11-13-28)18-6-4-17(24)5-7-18/h4-9,14-15,22,26H,10-13H2,1-3H3. The summed E-state index contributed by atoms with van der Waals surface area (Å²) in [5.41, 5.74) is 1.66. The van der Waals surface area contributed by atoms with Crippen LogP contribution in [0.1, 0.15) is 18.9 Å². The van der Waals surface area contributed by atoms with Gasteiger partial charge in [-0.25, -0.2) is 17.8 Å². The highest BCUT2D eigenvalue weighted by Gasteiger charge is 2.33. The summed E-state index contributed by atoms with van der Waals surface area (Å²) in [6.45, 7) is 7.65. The highest BCUT2D eigenvalue weighted by atomic mass is 32.2. The van der Waals surface area contributed by atoms with Gasteiger partial charge in [-0.3, -0.25) is 4.79 Å². The van der Waals surface area contributed by atoms with Crippen LogP contribution >= 0.6 is 11.3 Å². The van der Waals surface area contributed by atoms with Crippen molar-refractivity contribution in [2.24, 2.45) is 5.92 Å². The molecule has 2 aromatic carbocycles. The second kappa shape index (κ2) is 9.36. The van der Waals surface area contributed by atoms with Gasteiger partial charge in [0.15, 0.2) is 0 Å². The summed E-state index contributed by atoms with van der Waals surface area (Å²) >= 11 is 1.43. The highest BCUT2D eigenvalue weighted by Crippen LogP contribution is 2.25. The molecule has 3 aromatic rings. The minimum absolute atomic E-state index is 0.123. The molecule has 1 aromatic heterocycles. The molecule has 1 saturated heterocycles. The van der Waals surface area contributed by atoms with Crippen molar-refractivity contribution in [1.29, 1.82) is 0 Å². The Bertz CT molecular complexity index is 1250. The van der Waals surface area contributed by atoms with Crippen LogP contribution in [0.2, 0.25) is 0 Å². The Morgan fingerprint density at radius 3 is 2.39 bits per heavy atom. The van der Waals surface area contributed by atoms with Crippen molar-refractivity contribution in [2.45, 2.75) is 31.7 Å². The number of thiazole rings is 1. The normalized spacial score (nSPS) is 15.9. The Labute approximate surface area is 197 Å². The summed E-state index contributed by atoms with van der Waals surface area (Å²) < 4.78 is 42.8. The van der Waals surface area contributed by atoms with Crippen molar-refractivity contribution in [3.63, 3.8) is 0 Å². The summed E-state index contributed by atoms with van der Waals surface area (Å²) in [5.74, 6) is -0.747. The fourth-order valence-corrected chi connectivity index (χ4v) is 6.23. The third kappa shape index (κ3) is 5.18. The first-order chi connectivity index (χ1) is 15.6. The fraction of sp³-hybridized carbons (Fsp3) is 0.391. The van der Waals surface area contributed by atoms with E-state index < -0.39 is 16.1 Å². The van der Waals surface area contributed by atoms with E-state index in [9.17, 15) is 17.6 Å². The van der Waals surface area contributed by atoms with E-state index in [2.05, 4.69) is 14.6 Å². The SMILES string of the molecule is Cc1nc2ccc(S(=O)(=O)NC(C(=O)N3CCN(c4ccc(F)cc4)CC3)C(C)C)cc2s1. The van der Waals surface area contributed by atoms with Crippen LogP contribution in [0.15, 0.2) is 47.4 Å². The molecular weight excluding hydrogens is 463 g/mol. The van der Waals surface area contributed by atoms with Crippen molar-refractivity contribution in [3.05, 3.63) is 53.3 Å². The van der Waals surface area contributed by atoms with Gasteiger partial charge in [-0.2, -0.15) is 4.72 Å². The molecule has 1 N–H and O–H groups in total. The number of anilines is 1. The topological polar surface area (TPSA) is 82.6 Å². The Balaban J connectivity index is 1.46. The number of piperazine rings is 1. The summed E-state index contributed by atoms with van der Waals surface area (Å²) in [5, 5.41) is 0.863. The van der Waals surface area contributed by atoms with Crippen LogP contribution in [0.4, 0.5) is 10.1 Å². The average Bonchev–Trinajstić information content (AvgIpc) is 3.17. The number of fused-ring (bicyclic) bond motifs is 1. The van der Waals surface area contributed by atoms with Gasteiger partial charge in [0.05, 0.1) is 20.1 Å². The third-order valence-electron chi connectivity index (χ3n) is 5.78. The number of benzene rings is 2. The number of carbonyl (C=O) groups excluding carboxylic acids is 1. The zero-order valence-electron chi connectivity index (χ0n) is 18.8. The quantitative estimate of drug-likeness (QED) is 0.573. The summed E-state index contributed by atoms with van der Waals surface area (Å²) in [7, 11) is -3.89. The maximum atomic E-state index is 13.3. The first-order valence-electron chi connectivity index (χ1n) is 10.8. The minimum Gasteiger partial charge on any atom is -0.368 e. The Morgan fingerprint density at radius 1 is 1.09 bits per heavy atom. The average molecular weight is 491 g/mol. The van der Waals surface area contributed by atoms with Crippen LogP contribution < -0.4 is 9.62 Å². The maximum absolute atomic E-state index is 13.3. The second-order valence-corrected chi connectivity index (χ2v) is 11.4. The van der Waals surface area contributed by atoms with E-state index in [-0.39, 0.29) is 22.5 Å². The number of rotatable bonds is 6. The van der Waals surface area contributed by atoms with E-state index in [0.29, 0.717) is 26.2 Å². The number of hydrogen-bond acceptors (Lipinski definition) is 6. The zero-order valence-corrected chi connectivity index (χ0v) is 20.4. The van der Waals surface area contributed by atoms with E-state index in [4.69, 9.17) is 0 Å². The van der Waals surface area contributed by atoms with E-state index in [1.165, 1.54) is 29.5 Å². The molecule has 4 rings (SSSR count). The van der Waals surface area contributed by atoms with Crippen LogP contribution in [0.5, 0.6) is 0 Å². The lowest BCUT2D eigenvalue weighted by Gasteiger charge is -2.38. The molecule has 0 radical (unpaired) electrons. The first kappa shape index (κ1) is 23.6. The van der Waals surface area contributed by atoms with Gasteiger partial charge in [-0.05, 0) is 55.3 Å². The lowest BCUT2D eigenvalue weighted by Crippen LogP contribution is -2.56. The molecule has 0 bridgehead atoms. The molecule has 2 heterocycles. The van der Waals surface area contributed by atoms with E-state index >= 15 is 0 Å². The van der Waals surface area contributed by atoms with E-state index in [1.54, 1.807) is 29.2 Å². The minimum atomic E-state index is -3.89. The van der Waals surface area contributed by atoms with Crippen molar-refractivity contribution in [3.8, 4) is 0 Å². The van der Waals surface area contributed by atoms with E-state index in [0.717, 1.165) is 20.9 Å². The molecule has 0 spiro atoms. The molecule has 1 atom stereocenters. The molecular formula is C23H27FN4O3S2. The van der Waals surface area contributed by atoms with Crippen molar-refractivity contribution < 1.29 is 17.6 Å². The number of carbonyl (C=O) groups is 1. The summed E-state index contributed by atoms with van der Waals surface area (Å²) in [4.78, 5) is 21.6. The predicted molar refractivity (Wildman–Crippen MR) is 128 cm³/mol. The number of aromatic nitrogens is 1. The number of sulfonamides is 1. The molecule has 1 aliphatic rings. The highest BCUT2D eigenvalue weighted by molar-refractivity contribution is 7.89. The predicted octanol–water partition coefficient (Wildman–Crippen LogP) is 3.40. The van der Waals surface area contributed by atoms with Crippen LogP contribution in [0, 0.1) is 18.7 Å². The van der Waals surface area contributed by atoms with Crippen molar-refractivity contribution >= 4 is 43.2 Å². The second-order valence-electron chi connectivity index (χ2n) is 8.49. The third-order valence-corrected chi connectivity index (χ3v) is 8.15. The molecule has 7 nitrogen and oxygen atoms in total. The van der Waals surface area contributed by atoms with Gasteiger partial charge < -0.3 is 9.80 Å². The Hall–Kier alpha value is -2.56. The molecule has 0 aliphatic carbocycles. The Morgan fingerprint density at radius 2 is 1.76 bits per heavy atom. The summed E-state index contributed by atoms with van der Waals surface area (Å²) in [6.07, 6.45) is 0. The number of halogens is 1. The first-order valence-corrected chi connectivity index (χ1v) is 13.1. The number of nitrogens with one attached hydrogen (secondary N) is 1. The maximum Gasteiger partial charge on any atom is 0.241 e. The van der Waals surface area contributed by atoms with Crippen molar-refractivity contribution in [1.82, 2.24) is 14.6 Å². The lowest BCUT2D eigenvalue weighted by molar-refractivity contribution is -0.134. The monoisotopic (exact) mass is 490 g/mol. The van der Waals surface area contributed by atoms with Gasteiger partial charge in [0, 0.05) is 31.9 Å². The summed E-state index contributed by atoms with van der Waals surface area (Å²) in [6, 6.07) is 10.2. The molecule has 1 aliphatic heterocycles. The van der Waals surface area contributed by atoms with Gasteiger partial charge in [0.2, 0.25) is 15.9 Å². The molecule has 33 heavy (non-hydrogen) atoms. The molecule has 0 saturated carbocycles. The van der Waals surface area contributed by atoms with Gasteiger partial charge in [0.1, 0.15) is 11.9 Å². The number of amides is 1. The van der Waals surface area contributed by atoms with Crippen LogP contribution in [0.3, 0.4) is 0 Å². The van der Waals surface area contributed by atoms with Gasteiger partial charge in [-0.15, -0.1) is 11.3 Å². The smallest absolute Gasteiger partial charge is 0.241 e. The molecule has 10 heteroatoms. The largest absolute Gasteiger partial charge is 0.368 e.